The molecule has 1 amide bonds. The van der Waals surface area contributed by atoms with E-state index < -0.39 is 5.97 Å². The standard InChI is InChI=1S/C23H27NO5/c1-12-18-10-17(27-2)3-4-19(18)29-22(12)23(26)28-11-20(25)24-21-15-6-13-5-14(8-15)9-16(21)7-13/h3-4,10,13-16,21H,5-9,11H2,1-2H3,(H,24,25). The molecule has 4 aliphatic carbocycles. The van der Waals surface area contributed by atoms with E-state index in [0.717, 1.165) is 17.2 Å². The maximum atomic E-state index is 12.5. The molecule has 1 heterocycles. The third-order valence-electron chi connectivity index (χ3n) is 7.22. The summed E-state index contributed by atoms with van der Waals surface area (Å²) in [6.07, 6.45) is 6.32. The number of nitrogens with one attached hydrogen (secondary N) is 1. The average Bonchev–Trinajstić information content (AvgIpc) is 3.04. The van der Waals surface area contributed by atoms with E-state index in [1.807, 2.05) is 6.07 Å². The topological polar surface area (TPSA) is 77.8 Å². The van der Waals surface area contributed by atoms with Gasteiger partial charge in [0.2, 0.25) is 5.76 Å². The van der Waals surface area contributed by atoms with Gasteiger partial charge in [-0.2, -0.15) is 0 Å². The predicted octanol–water partition coefficient (Wildman–Crippen LogP) is 3.85. The van der Waals surface area contributed by atoms with Crippen LogP contribution >= 0.6 is 0 Å². The second kappa shape index (κ2) is 7.08. The van der Waals surface area contributed by atoms with Crippen molar-refractivity contribution in [2.24, 2.45) is 23.7 Å². The Morgan fingerprint density at radius 1 is 1.10 bits per heavy atom. The van der Waals surface area contributed by atoms with E-state index in [0.29, 0.717) is 28.7 Å². The van der Waals surface area contributed by atoms with Gasteiger partial charge in [0.1, 0.15) is 11.3 Å². The molecule has 0 aliphatic heterocycles. The predicted molar refractivity (Wildman–Crippen MR) is 107 cm³/mol. The molecule has 1 aromatic carbocycles. The van der Waals surface area contributed by atoms with Crippen LogP contribution in [-0.2, 0) is 9.53 Å². The van der Waals surface area contributed by atoms with Crippen molar-refractivity contribution in [1.82, 2.24) is 5.32 Å². The molecule has 4 bridgehead atoms. The van der Waals surface area contributed by atoms with Crippen molar-refractivity contribution in [2.45, 2.75) is 45.1 Å². The van der Waals surface area contributed by atoms with E-state index >= 15 is 0 Å². The summed E-state index contributed by atoms with van der Waals surface area (Å²) >= 11 is 0. The lowest BCUT2D eigenvalue weighted by Crippen LogP contribution is -2.56. The Labute approximate surface area is 169 Å². The van der Waals surface area contributed by atoms with Crippen molar-refractivity contribution in [2.75, 3.05) is 13.7 Å². The summed E-state index contributed by atoms with van der Waals surface area (Å²) in [4.78, 5) is 25.0. The van der Waals surface area contributed by atoms with Gasteiger partial charge in [-0.1, -0.05) is 0 Å². The molecule has 0 spiro atoms. The molecule has 154 valence electrons. The van der Waals surface area contributed by atoms with Crippen LogP contribution in [0.5, 0.6) is 5.75 Å². The first-order valence-electron chi connectivity index (χ1n) is 10.6. The number of hydrogen-bond donors (Lipinski definition) is 1. The van der Waals surface area contributed by atoms with Crippen LogP contribution in [0.2, 0.25) is 0 Å². The SMILES string of the molecule is COc1ccc2oc(C(=O)OCC(=O)NC3C4CC5CC(C4)CC3C5)c(C)c2c1. The van der Waals surface area contributed by atoms with Crippen LogP contribution in [0.1, 0.15) is 48.2 Å². The minimum atomic E-state index is -0.613. The van der Waals surface area contributed by atoms with Crippen LogP contribution in [0.3, 0.4) is 0 Å². The lowest BCUT2D eigenvalue weighted by Gasteiger charge is -2.54. The van der Waals surface area contributed by atoms with Gasteiger partial charge in [0.15, 0.2) is 6.61 Å². The molecule has 29 heavy (non-hydrogen) atoms. The summed E-state index contributed by atoms with van der Waals surface area (Å²) in [6.45, 7) is 1.53. The normalized spacial score (nSPS) is 29.8. The molecule has 0 atom stereocenters. The van der Waals surface area contributed by atoms with Gasteiger partial charge in [0.05, 0.1) is 7.11 Å². The fourth-order valence-electron chi connectivity index (χ4n) is 6.11. The molecule has 6 rings (SSSR count). The van der Waals surface area contributed by atoms with Crippen molar-refractivity contribution in [1.29, 1.82) is 0 Å². The monoisotopic (exact) mass is 397 g/mol. The largest absolute Gasteiger partial charge is 0.497 e. The van der Waals surface area contributed by atoms with E-state index in [1.165, 1.54) is 32.1 Å². The first kappa shape index (κ1) is 18.5. The lowest BCUT2D eigenvalue weighted by molar-refractivity contribution is -0.128. The lowest BCUT2D eigenvalue weighted by atomic mass is 9.54. The second-order valence-corrected chi connectivity index (χ2v) is 9.02. The summed E-state index contributed by atoms with van der Waals surface area (Å²) in [7, 11) is 1.59. The van der Waals surface area contributed by atoms with Crippen LogP contribution in [0.15, 0.2) is 22.6 Å². The maximum Gasteiger partial charge on any atom is 0.375 e. The summed E-state index contributed by atoms with van der Waals surface area (Å²) in [6, 6.07) is 5.61. The van der Waals surface area contributed by atoms with E-state index in [9.17, 15) is 9.59 Å². The molecule has 4 aliphatic rings. The third kappa shape index (κ3) is 3.28. The number of aryl methyl sites for hydroxylation is 1. The van der Waals surface area contributed by atoms with Gasteiger partial charge in [-0.15, -0.1) is 0 Å². The molecule has 6 nitrogen and oxygen atoms in total. The maximum absolute atomic E-state index is 12.5. The van der Waals surface area contributed by atoms with Gasteiger partial charge >= 0.3 is 5.97 Å². The molecule has 2 aromatic rings. The number of hydrogen-bond acceptors (Lipinski definition) is 5. The second-order valence-electron chi connectivity index (χ2n) is 9.02. The number of ether oxygens (including phenoxy) is 2. The molecular weight excluding hydrogens is 370 g/mol. The molecule has 6 heteroatoms. The zero-order chi connectivity index (χ0) is 20.1. The van der Waals surface area contributed by atoms with Gasteiger partial charge in [-0.3, -0.25) is 4.79 Å². The number of carbonyl (C=O) groups excluding carboxylic acids is 2. The molecular formula is C23H27NO5. The van der Waals surface area contributed by atoms with Crippen LogP contribution in [0.4, 0.5) is 0 Å². The highest BCUT2D eigenvalue weighted by Crippen LogP contribution is 2.53. The van der Waals surface area contributed by atoms with Crippen molar-refractivity contribution < 1.29 is 23.5 Å². The van der Waals surface area contributed by atoms with Gasteiger partial charge in [0.25, 0.3) is 5.91 Å². The molecule has 0 radical (unpaired) electrons. The minimum absolute atomic E-state index is 0.135. The van der Waals surface area contributed by atoms with Crippen LogP contribution in [0, 0.1) is 30.6 Å². The van der Waals surface area contributed by atoms with E-state index in [2.05, 4.69) is 5.32 Å². The number of benzene rings is 1. The van der Waals surface area contributed by atoms with Gasteiger partial charge in [0, 0.05) is 17.0 Å². The minimum Gasteiger partial charge on any atom is -0.497 e. The molecule has 1 N–H and O–H groups in total. The Morgan fingerprint density at radius 2 is 1.79 bits per heavy atom. The Morgan fingerprint density at radius 3 is 2.45 bits per heavy atom. The Balaban J connectivity index is 1.21. The smallest absolute Gasteiger partial charge is 0.375 e. The van der Waals surface area contributed by atoms with E-state index in [1.54, 1.807) is 26.2 Å². The summed E-state index contributed by atoms with van der Waals surface area (Å²) in [5.41, 5.74) is 1.28. The third-order valence-corrected chi connectivity index (χ3v) is 7.22. The quantitative estimate of drug-likeness (QED) is 0.776. The highest BCUT2D eigenvalue weighted by molar-refractivity contribution is 5.97. The first-order chi connectivity index (χ1) is 14.0. The highest BCUT2D eigenvalue weighted by atomic mass is 16.5. The molecule has 0 saturated heterocycles. The number of fused-ring (bicyclic) bond motifs is 1. The highest BCUT2D eigenvalue weighted by Gasteiger charge is 2.48. The number of carbonyl (C=O) groups is 2. The van der Waals surface area contributed by atoms with E-state index in [4.69, 9.17) is 13.9 Å². The molecule has 4 fully saturated rings. The van der Waals surface area contributed by atoms with Crippen LogP contribution in [-0.4, -0.2) is 31.6 Å². The summed E-state index contributed by atoms with van der Waals surface area (Å²) in [5, 5.41) is 3.96. The molecule has 4 saturated carbocycles. The zero-order valence-corrected chi connectivity index (χ0v) is 16.9. The number of amides is 1. The summed E-state index contributed by atoms with van der Waals surface area (Å²) in [5.74, 6) is 2.91. The van der Waals surface area contributed by atoms with Crippen molar-refractivity contribution in [3.05, 3.63) is 29.5 Å². The van der Waals surface area contributed by atoms with E-state index in [-0.39, 0.29) is 24.3 Å². The fraction of sp³-hybridized carbons (Fsp3) is 0.565. The molecule has 0 unspecified atom stereocenters. The van der Waals surface area contributed by atoms with Gasteiger partial charge in [-0.25, -0.2) is 4.79 Å². The van der Waals surface area contributed by atoms with Gasteiger partial charge < -0.3 is 19.2 Å². The Kier molecular flexibility index (Phi) is 4.52. The fourth-order valence-corrected chi connectivity index (χ4v) is 6.11. The number of esters is 1. The number of rotatable bonds is 5. The number of furan rings is 1. The number of methoxy groups -OCH3 is 1. The van der Waals surface area contributed by atoms with Crippen molar-refractivity contribution in [3.63, 3.8) is 0 Å². The first-order valence-corrected chi connectivity index (χ1v) is 10.6. The Hall–Kier alpha value is -2.50. The zero-order valence-electron chi connectivity index (χ0n) is 16.9. The van der Waals surface area contributed by atoms with Gasteiger partial charge in [-0.05, 0) is 80.9 Å². The van der Waals surface area contributed by atoms with Crippen molar-refractivity contribution in [3.8, 4) is 5.75 Å². The van der Waals surface area contributed by atoms with Crippen LogP contribution in [0.25, 0.3) is 11.0 Å². The van der Waals surface area contributed by atoms with Crippen molar-refractivity contribution >= 4 is 22.8 Å². The Bertz CT molecular complexity index is 934. The average molecular weight is 397 g/mol. The molecule has 1 aromatic heterocycles. The summed E-state index contributed by atoms with van der Waals surface area (Å²) < 4.78 is 16.2. The van der Waals surface area contributed by atoms with Crippen LogP contribution < -0.4 is 10.1 Å².